The lowest BCUT2D eigenvalue weighted by Gasteiger charge is -2.41. The SMILES string of the molecule is COC(=O)C12C3C(=O)N(Cc4ccc5c(c4)OCO5)C(=O)C3C(c3cn(-c4ccccc4)nc3-c3ccccc3)N1[C@H](c1cn(-c3ccccc3)nc1-c1ccccc1)[C@@H]1C(=O)N(Cc3ccc4c(c3)OCO4)C(=O)[C@@H]12. The van der Waals surface area contributed by atoms with Gasteiger partial charge in [0.2, 0.25) is 37.2 Å². The number of carbonyl (C=O) groups excluding carboxylic acids is 5. The summed E-state index contributed by atoms with van der Waals surface area (Å²) in [6.45, 7) is -0.351. The van der Waals surface area contributed by atoms with Gasteiger partial charge in [-0.25, -0.2) is 14.2 Å². The van der Waals surface area contributed by atoms with Gasteiger partial charge in [-0.05, 0) is 59.7 Å². The number of hydrogen-bond donors (Lipinski definition) is 0. The second kappa shape index (κ2) is 17.4. The Labute approximate surface area is 434 Å². The van der Waals surface area contributed by atoms with Crippen LogP contribution in [0.15, 0.2) is 170 Å². The van der Waals surface area contributed by atoms with Crippen molar-refractivity contribution in [2.75, 3.05) is 20.7 Å². The van der Waals surface area contributed by atoms with Gasteiger partial charge < -0.3 is 23.7 Å². The second-order valence-corrected chi connectivity index (χ2v) is 19.7. The minimum Gasteiger partial charge on any atom is -0.468 e. The van der Waals surface area contributed by atoms with E-state index in [9.17, 15) is 0 Å². The van der Waals surface area contributed by atoms with Crippen LogP contribution in [0.1, 0.15) is 34.3 Å². The summed E-state index contributed by atoms with van der Waals surface area (Å²) < 4.78 is 32.0. The van der Waals surface area contributed by atoms with Gasteiger partial charge in [0, 0.05) is 34.6 Å². The molecule has 17 nitrogen and oxygen atoms in total. The number of aromatic nitrogens is 4. The molecule has 6 aliphatic rings. The number of nitrogens with zero attached hydrogens (tertiary/aromatic N) is 7. The largest absolute Gasteiger partial charge is 0.468 e. The summed E-state index contributed by atoms with van der Waals surface area (Å²) in [7, 11) is 1.21. The van der Waals surface area contributed by atoms with Gasteiger partial charge in [0.1, 0.15) is 5.54 Å². The molecule has 6 aliphatic heterocycles. The highest BCUT2D eigenvalue weighted by Gasteiger charge is 2.84. The number of ether oxygens (including phenoxy) is 5. The number of fused-ring (bicyclic) bond motifs is 7. The van der Waals surface area contributed by atoms with E-state index < -0.39 is 70.9 Å². The Morgan fingerprint density at radius 2 is 0.921 bits per heavy atom. The molecule has 6 aromatic carbocycles. The van der Waals surface area contributed by atoms with E-state index >= 15 is 24.0 Å². The summed E-state index contributed by atoms with van der Waals surface area (Å²) in [5.74, 6) is -7.28. The maximum absolute atomic E-state index is 16.1. The molecule has 376 valence electrons. The van der Waals surface area contributed by atoms with E-state index in [2.05, 4.69) is 0 Å². The molecule has 0 aliphatic carbocycles. The lowest BCUT2D eigenvalue weighted by Crippen LogP contribution is -2.60. The van der Waals surface area contributed by atoms with Crippen molar-refractivity contribution >= 4 is 29.6 Å². The van der Waals surface area contributed by atoms with Crippen molar-refractivity contribution in [2.24, 2.45) is 23.7 Å². The minimum atomic E-state index is -2.28. The first-order chi connectivity index (χ1) is 37.2. The molecule has 2 aromatic heterocycles. The van der Waals surface area contributed by atoms with Crippen molar-refractivity contribution in [2.45, 2.75) is 30.7 Å². The van der Waals surface area contributed by atoms with E-state index in [1.807, 2.05) is 139 Å². The number of esters is 1. The molecule has 4 amide bonds. The zero-order chi connectivity index (χ0) is 51.4. The lowest BCUT2D eigenvalue weighted by atomic mass is 9.69. The predicted octanol–water partition coefficient (Wildman–Crippen LogP) is 7.48. The highest BCUT2D eigenvalue weighted by molar-refractivity contribution is 6.15. The number of hydrogen-bond acceptors (Lipinski definition) is 13. The van der Waals surface area contributed by atoms with Crippen molar-refractivity contribution in [1.82, 2.24) is 34.3 Å². The molecule has 4 unspecified atom stereocenters. The molecule has 14 rings (SSSR count). The lowest BCUT2D eigenvalue weighted by molar-refractivity contribution is -0.166. The number of imide groups is 2. The van der Waals surface area contributed by atoms with Crippen molar-refractivity contribution in [3.63, 3.8) is 0 Å². The summed E-state index contributed by atoms with van der Waals surface area (Å²) in [4.78, 5) is 84.4. The maximum atomic E-state index is 16.1. The molecule has 0 N–H and O–H groups in total. The normalized spacial score (nSPS) is 23.9. The van der Waals surface area contributed by atoms with Gasteiger partial charge in [-0.15, -0.1) is 0 Å². The Morgan fingerprint density at radius 3 is 1.33 bits per heavy atom. The minimum absolute atomic E-state index is 0.0163. The van der Waals surface area contributed by atoms with Crippen LogP contribution in [-0.2, 0) is 41.8 Å². The molecule has 0 saturated carbocycles. The molecular weight excluding hydrogens is 967 g/mol. The van der Waals surface area contributed by atoms with Crippen LogP contribution in [0.25, 0.3) is 33.9 Å². The van der Waals surface area contributed by atoms with Crippen LogP contribution in [0.4, 0.5) is 0 Å². The zero-order valence-electron chi connectivity index (χ0n) is 40.7. The summed E-state index contributed by atoms with van der Waals surface area (Å²) >= 11 is 0. The van der Waals surface area contributed by atoms with E-state index in [1.54, 1.807) is 45.8 Å². The Bertz CT molecular complexity index is 3450. The van der Waals surface area contributed by atoms with Gasteiger partial charge >= 0.3 is 5.97 Å². The average Bonchev–Trinajstić information content (AvgIpc) is 3.83. The summed E-state index contributed by atoms with van der Waals surface area (Å²) in [5.41, 5.74) is 3.53. The third kappa shape index (κ3) is 6.64. The van der Waals surface area contributed by atoms with Crippen molar-refractivity contribution < 1.29 is 47.7 Å². The summed E-state index contributed by atoms with van der Waals surface area (Å²) in [6, 6.07) is 45.9. The third-order valence-electron chi connectivity index (χ3n) is 15.9. The van der Waals surface area contributed by atoms with Crippen LogP contribution in [0, 0.1) is 23.7 Å². The average molecular weight is 1010 g/mol. The molecular formula is C59H45N7O10. The van der Waals surface area contributed by atoms with Gasteiger partial charge in [0.15, 0.2) is 23.0 Å². The van der Waals surface area contributed by atoms with Gasteiger partial charge in [-0.3, -0.25) is 33.9 Å². The number of rotatable bonds is 11. The van der Waals surface area contributed by atoms with E-state index in [1.165, 1.54) is 16.9 Å². The number of amides is 4. The van der Waals surface area contributed by atoms with Crippen molar-refractivity contribution in [3.05, 3.63) is 192 Å². The molecule has 76 heavy (non-hydrogen) atoms. The highest BCUT2D eigenvalue weighted by atomic mass is 16.7. The van der Waals surface area contributed by atoms with Crippen LogP contribution >= 0.6 is 0 Å². The molecule has 8 aromatic rings. The molecule has 17 heteroatoms. The highest BCUT2D eigenvalue weighted by Crippen LogP contribution is 2.70. The Kier molecular flexibility index (Phi) is 10.4. The van der Waals surface area contributed by atoms with E-state index in [4.69, 9.17) is 33.9 Å². The van der Waals surface area contributed by atoms with Gasteiger partial charge in [-0.1, -0.05) is 109 Å². The van der Waals surface area contributed by atoms with E-state index in [0.717, 1.165) is 0 Å². The molecule has 0 spiro atoms. The Balaban J connectivity index is 1.04. The standard InChI is InChI=1S/C59H45N7O10/c1-72-58(71)59-48-46(54(67)62(56(48)69)28-34-22-24-42-44(26-34)75-32-73-42)52(40-30-64(38-18-10-4-11-19-38)60-50(40)36-14-6-2-7-15-36)66(59)53(41-31-65(39-20-12-5-13-21-39)61-51(41)37-16-8-3-9-17-37)47-49(59)57(70)63(55(47)68)29-35-23-25-43-45(27-35)76-33-74-43/h2-27,30-31,46-49,52-53H,28-29,32-33H2,1H3/t46-,47?,48-,49?,52-,53?,59?/m1/s1. The molecule has 7 atom stereocenters. The fraction of sp³-hybridized carbons (Fsp3) is 0.203. The van der Waals surface area contributed by atoms with Crippen LogP contribution in [0.3, 0.4) is 0 Å². The number of methoxy groups -OCH3 is 1. The first-order valence-corrected chi connectivity index (χ1v) is 25.0. The predicted molar refractivity (Wildman–Crippen MR) is 270 cm³/mol. The van der Waals surface area contributed by atoms with Gasteiger partial charge in [0.05, 0.1) is 78.7 Å². The first-order valence-electron chi connectivity index (χ1n) is 25.0. The third-order valence-corrected chi connectivity index (χ3v) is 15.9. The first kappa shape index (κ1) is 45.3. The van der Waals surface area contributed by atoms with Crippen molar-refractivity contribution in [3.8, 4) is 56.9 Å². The Morgan fingerprint density at radius 1 is 0.526 bits per heavy atom. The van der Waals surface area contributed by atoms with Crippen LogP contribution in [-0.4, -0.2) is 90.1 Å². The van der Waals surface area contributed by atoms with E-state index in [-0.39, 0.29) is 26.7 Å². The number of carbonyl (C=O) groups is 5. The summed E-state index contributed by atoms with van der Waals surface area (Å²) in [6.07, 6.45) is 3.66. The molecule has 8 heterocycles. The quantitative estimate of drug-likeness (QED) is 0.0922. The molecule has 0 bridgehead atoms. The topological polar surface area (TPSA) is 177 Å². The Hall–Kier alpha value is -9.35. The van der Waals surface area contributed by atoms with Gasteiger partial charge in [-0.2, -0.15) is 10.2 Å². The van der Waals surface area contributed by atoms with E-state index in [0.29, 0.717) is 79.1 Å². The molecule has 4 saturated heterocycles. The fourth-order valence-electron chi connectivity index (χ4n) is 12.8. The number of para-hydroxylation sites is 2. The maximum Gasteiger partial charge on any atom is 0.328 e. The zero-order valence-corrected chi connectivity index (χ0v) is 40.7. The molecule has 0 radical (unpaired) electrons. The fourth-order valence-corrected chi connectivity index (χ4v) is 12.8. The summed E-state index contributed by atoms with van der Waals surface area (Å²) in [5, 5.41) is 10.5. The number of benzene rings is 6. The molecule has 4 fully saturated rings. The van der Waals surface area contributed by atoms with Crippen LogP contribution < -0.4 is 18.9 Å². The van der Waals surface area contributed by atoms with Crippen molar-refractivity contribution in [1.29, 1.82) is 0 Å². The van der Waals surface area contributed by atoms with Gasteiger partial charge in [0.25, 0.3) is 0 Å². The number of likely N-dealkylation sites (tertiary alicyclic amines) is 2. The monoisotopic (exact) mass is 1010 g/mol. The second-order valence-electron chi connectivity index (χ2n) is 19.7. The van der Waals surface area contributed by atoms with Crippen LogP contribution in [0.5, 0.6) is 23.0 Å². The van der Waals surface area contributed by atoms with Crippen LogP contribution in [0.2, 0.25) is 0 Å². The smallest absolute Gasteiger partial charge is 0.328 e.